The molecule has 1 heterocycles. The van der Waals surface area contributed by atoms with Crippen LogP contribution in [0.2, 0.25) is 0 Å². The second kappa shape index (κ2) is 7.21. The number of hydrogen-bond donors (Lipinski definition) is 0. The number of alkyl halides is 2. The molecule has 0 atom stereocenters. The summed E-state index contributed by atoms with van der Waals surface area (Å²) in [4.78, 5) is 15.3. The molecule has 0 saturated carbocycles. The molecule has 0 aliphatic carbocycles. The van der Waals surface area contributed by atoms with E-state index in [2.05, 4.69) is 9.72 Å². The average molecular weight is 325 g/mol. The van der Waals surface area contributed by atoms with Crippen LogP contribution in [-0.2, 0) is 0 Å². The number of benzene rings is 1. The summed E-state index contributed by atoms with van der Waals surface area (Å²) in [6.45, 7) is 2.63. The normalized spacial score (nSPS) is 11.1. The van der Waals surface area contributed by atoms with Gasteiger partial charge in [0.2, 0.25) is 5.89 Å². The average Bonchev–Trinajstić information content (AvgIpc) is 2.95. The lowest BCUT2D eigenvalue weighted by Gasteiger charge is -2.14. The van der Waals surface area contributed by atoms with Gasteiger partial charge in [0, 0.05) is 12.5 Å². The van der Waals surface area contributed by atoms with E-state index in [-0.39, 0.29) is 34.8 Å². The lowest BCUT2D eigenvalue weighted by Crippen LogP contribution is -2.08. The van der Waals surface area contributed by atoms with Crippen LogP contribution in [0.4, 0.5) is 8.78 Å². The largest absolute Gasteiger partial charge is 0.489 e. The number of carbonyl (C=O) groups excluding carboxylic acids is 1. The Balaban J connectivity index is 2.33. The van der Waals surface area contributed by atoms with Gasteiger partial charge in [-0.25, -0.2) is 4.98 Å². The van der Waals surface area contributed by atoms with Gasteiger partial charge in [0.15, 0.2) is 17.3 Å². The SMILES string of the molecule is CC(=O)c1coc(-c2ccc(OC(F)F)c(OCC(C)C)c2)n1. The fourth-order valence-electron chi connectivity index (χ4n) is 1.77. The number of carbonyl (C=O) groups is 1. The molecule has 0 bridgehead atoms. The number of oxazole rings is 1. The summed E-state index contributed by atoms with van der Waals surface area (Å²) >= 11 is 0. The van der Waals surface area contributed by atoms with Gasteiger partial charge >= 0.3 is 6.61 Å². The van der Waals surface area contributed by atoms with E-state index in [0.29, 0.717) is 12.2 Å². The Morgan fingerprint density at radius 1 is 1.30 bits per heavy atom. The first kappa shape index (κ1) is 16.9. The number of halogens is 2. The number of rotatable bonds is 7. The van der Waals surface area contributed by atoms with E-state index in [0.717, 1.165) is 0 Å². The van der Waals surface area contributed by atoms with Crippen LogP contribution in [0.1, 0.15) is 31.3 Å². The van der Waals surface area contributed by atoms with E-state index in [4.69, 9.17) is 9.15 Å². The van der Waals surface area contributed by atoms with Crippen molar-refractivity contribution < 1.29 is 27.5 Å². The topological polar surface area (TPSA) is 61.6 Å². The number of ether oxygens (including phenoxy) is 2. The van der Waals surface area contributed by atoms with Gasteiger partial charge in [0.1, 0.15) is 12.0 Å². The van der Waals surface area contributed by atoms with Crippen molar-refractivity contribution in [1.82, 2.24) is 4.98 Å². The summed E-state index contributed by atoms with van der Waals surface area (Å²) in [5.41, 5.74) is 0.690. The smallest absolute Gasteiger partial charge is 0.387 e. The summed E-state index contributed by atoms with van der Waals surface area (Å²) < 4.78 is 40.1. The zero-order valence-electron chi connectivity index (χ0n) is 13.0. The molecule has 0 spiro atoms. The number of nitrogens with zero attached hydrogens (tertiary/aromatic N) is 1. The highest BCUT2D eigenvalue weighted by atomic mass is 19.3. The summed E-state index contributed by atoms with van der Waals surface area (Å²) in [6.07, 6.45) is 1.25. The molecule has 0 unspecified atom stereocenters. The van der Waals surface area contributed by atoms with E-state index in [9.17, 15) is 13.6 Å². The fraction of sp³-hybridized carbons (Fsp3) is 0.375. The third-order valence-electron chi connectivity index (χ3n) is 2.84. The highest BCUT2D eigenvalue weighted by Crippen LogP contribution is 2.33. The molecular weight excluding hydrogens is 308 g/mol. The molecule has 7 heteroatoms. The van der Waals surface area contributed by atoms with Crippen molar-refractivity contribution in [3.8, 4) is 23.0 Å². The molecule has 1 aromatic heterocycles. The zero-order chi connectivity index (χ0) is 17.0. The van der Waals surface area contributed by atoms with Gasteiger partial charge in [0.25, 0.3) is 0 Å². The molecular formula is C16H17F2NO4. The zero-order valence-corrected chi connectivity index (χ0v) is 13.0. The first-order chi connectivity index (χ1) is 10.9. The maximum atomic E-state index is 12.5. The van der Waals surface area contributed by atoms with Gasteiger partial charge < -0.3 is 13.9 Å². The highest BCUT2D eigenvalue weighted by molar-refractivity contribution is 5.92. The van der Waals surface area contributed by atoms with E-state index in [1.165, 1.54) is 31.4 Å². The van der Waals surface area contributed by atoms with Crippen LogP contribution in [0.3, 0.4) is 0 Å². The van der Waals surface area contributed by atoms with Crippen molar-refractivity contribution >= 4 is 5.78 Å². The molecule has 0 N–H and O–H groups in total. The number of Topliss-reactive ketones (excluding diaryl/α,β-unsaturated/α-hetero) is 1. The van der Waals surface area contributed by atoms with Crippen molar-refractivity contribution in [3.05, 3.63) is 30.2 Å². The molecule has 0 fully saturated rings. The molecule has 23 heavy (non-hydrogen) atoms. The number of aromatic nitrogens is 1. The van der Waals surface area contributed by atoms with E-state index in [1.54, 1.807) is 0 Å². The maximum Gasteiger partial charge on any atom is 0.387 e. The monoisotopic (exact) mass is 325 g/mol. The Morgan fingerprint density at radius 2 is 2.04 bits per heavy atom. The maximum absolute atomic E-state index is 12.5. The lowest BCUT2D eigenvalue weighted by molar-refractivity contribution is -0.0515. The van der Waals surface area contributed by atoms with Crippen molar-refractivity contribution in [1.29, 1.82) is 0 Å². The minimum atomic E-state index is -2.95. The minimum absolute atomic E-state index is 0.0669. The van der Waals surface area contributed by atoms with Gasteiger partial charge in [-0.3, -0.25) is 4.79 Å². The molecule has 5 nitrogen and oxygen atoms in total. The van der Waals surface area contributed by atoms with Crippen LogP contribution in [0, 0.1) is 5.92 Å². The van der Waals surface area contributed by atoms with Gasteiger partial charge in [-0.1, -0.05) is 13.8 Å². The molecule has 0 saturated heterocycles. The van der Waals surface area contributed by atoms with Crippen LogP contribution in [-0.4, -0.2) is 24.0 Å². The first-order valence-electron chi connectivity index (χ1n) is 7.05. The van der Waals surface area contributed by atoms with E-state index in [1.807, 2.05) is 13.8 Å². The second-order valence-electron chi connectivity index (χ2n) is 5.34. The van der Waals surface area contributed by atoms with Crippen molar-refractivity contribution in [3.63, 3.8) is 0 Å². The number of ketones is 1. The molecule has 124 valence electrons. The molecule has 0 aliphatic heterocycles. The van der Waals surface area contributed by atoms with Crippen LogP contribution < -0.4 is 9.47 Å². The van der Waals surface area contributed by atoms with Crippen molar-refractivity contribution in [2.45, 2.75) is 27.4 Å². The third-order valence-corrected chi connectivity index (χ3v) is 2.84. The molecule has 2 aromatic rings. The van der Waals surface area contributed by atoms with Crippen LogP contribution in [0.15, 0.2) is 28.9 Å². The Kier molecular flexibility index (Phi) is 5.31. The number of hydrogen-bond acceptors (Lipinski definition) is 5. The highest BCUT2D eigenvalue weighted by Gasteiger charge is 2.16. The Hall–Kier alpha value is -2.44. The minimum Gasteiger partial charge on any atom is -0.489 e. The summed E-state index contributed by atoms with van der Waals surface area (Å²) in [5.74, 6) is 0.285. The second-order valence-corrected chi connectivity index (χ2v) is 5.34. The van der Waals surface area contributed by atoms with E-state index < -0.39 is 6.61 Å². The van der Waals surface area contributed by atoms with Gasteiger partial charge in [-0.2, -0.15) is 8.78 Å². The molecule has 0 amide bonds. The Bertz CT molecular complexity index is 682. The summed E-state index contributed by atoms with van der Waals surface area (Å²) in [7, 11) is 0. The van der Waals surface area contributed by atoms with E-state index >= 15 is 0 Å². The molecule has 0 radical (unpaired) electrons. The fourth-order valence-corrected chi connectivity index (χ4v) is 1.77. The molecule has 0 aliphatic rings. The van der Waals surface area contributed by atoms with Crippen molar-refractivity contribution in [2.24, 2.45) is 5.92 Å². The quantitative estimate of drug-likeness (QED) is 0.715. The molecule has 2 rings (SSSR count). The third kappa shape index (κ3) is 4.51. The first-order valence-corrected chi connectivity index (χ1v) is 7.05. The van der Waals surface area contributed by atoms with Crippen LogP contribution in [0.5, 0.6) is 11.5 Å². The standard InChI is InChI=1S/C16H17F2NO4/c1-9(2)7-21-14-6-11(4-5-13(14)23-16(17)18)15-19-12(8-22-15)10(3)20/h4-6,8-9,16H,7H2,1-3H3. The van der Waals surface area contributed by atoms with Crippen molar-refractivity contribution in [2.75, 3.05) is 6.61 Å². The van der Waals surface area contributed by atoms with Gasteiger partial charge in [-0.05, 0) is 24.1 Å². The summed E-state index contributed by atoms with van der Waals surface area (Å²) in [6, 6.07) is 4.36. The van der Waals surface area contributed by atoms with Gasteiger partial charge in [-0.15, -0.1) is 0 Å². The molecule has 1 aromatic carbocycles. The Morgan fingerprint density at radius 3 is 2.61 bits per heavy atom. The van der Waals surface area contributed by atoms with Gasteiger partial charge in [0.05, 0.1) is 6.61 Å². The van der Waals surface area contributed by atoms with Crippen LogP contribution in [0.25, 0.3) is 11.5 Å². The van der Waals surface area contributed by atoms with Crippen LogP contribution >= 0.6 is 0 Å². The summed E-state index contributed by atoms with van der Waals surface area (Å²) in [5, 5.41) is 0. The Labute approximate surface area is 132 Å². The predicted octanol–water partition coefficient (Wildman–Crippen LogP) is 4.18. The predicted molar refractivity (Wildman–Crippen MR) is 78.9 cm³/mol. The lowest BCUT2D eigenvalue weighted by atomic mass is 10.2.